The molecule has 7 heteroatoms. The first kappa shape index (κ1) is 21.4. The summed E-state index contributed by atoms with van der Waals surface area (Å²) < 4.78 is 10.4. The molecule has 0 aromatic carbocycles. The Balaban J connectivity index is 1.71. The van der Waals surface area contributed by atoms with Crippen molar-refractivity contribution in [3.63, 3.8) is 0 Å². The molecule has 160 valence electrons. The maximum atomic E-state index is 13.0. The van der Waals surface area contributed by atoms with Gasteiger partial charge in [-0.3, -0.25) is 0 Å². The van der Waals surface area contributed by atoms with E-state index in [1.165, 1.54) is 26.4 Å². The van der Waals surface area contributed by atoms with Crippen LogP contribution in [0, 0.1) is 5.92 Å². The Bertz CT molecular complexity index is 710. The van der Waals surface area contributed by atoms with Crippen LogP contribution in [-0.2, 0) is 9.47 Å². The number of hydrogen-bond acceptors (Lipinski definition) is 6. The van der Waals surface area contributed by atoms with Crippen LogP contribution in [0.15, 0.2) is 18.3 Å². The summed E-state index contributed by atoms with van der Waals surface area (Å²) in [6.45, 7) is 8.15. The maximum absolute atomic E-state index is 13.0. The van der Waals surface area contributed by atoms with E-state index in [-0.39, 0.29) is 12.1 Å². The number of carbonyl (C=O) groups excluding carboxylic acids is 2. The standard InChI is InChI=1S/C22H33N3O4/c1-22(2,3)29-21(27)25(14-16-7-5-8-16)18-9-6-12-24(15-18)17-10-11-19(23-13-17)20(26)28-4/h10-11,13,16,18H,5-9,12,14-15H2,1-4H3/t18-/m1/s1. The van der Waals surface area contributed by atoms with Crippen LogP contribution >= 0.6 is 0 Å². The van der Waals surface area contributed by atoms with E-state index in [2.05, 4.69) is 9.88 Å². The molecule has 0 bridgehead atoms. The molecule has 29 heavy (non-hydrogen) atoms. The number of anilines is 1. The van der Waals surface area contributed by atoms with Gasteiger partial charge in [0.2, 0.25) is 0 Å². The molecular formula is C22H33N3O4. The molecule has 1 saturated heterocycles. The van der Waals surface area contributed by atoms with Crippen LogP contribution in [0.1, 0.15) is 63.4 Å². The van der Waals surface area contributed by atoms with Gasteiger partial charge in [-0.1, -0.05) is 6.42 Å². The van der Waals surface area contributed by atoms with Crippen molar-refractivity contribution in [2.75, 3.05) is 31.6 Å². The van der Waals surface area contributed by atoms with E-state index in [9.17, 15) is 9.59 Å². The SMILES string of the molecule is COC(=O)c1ccc(N2CCC[C@@H](N(CC3CCC3)C(=O)OC(C)(C)C)C2)cn1. The highest BCUT2D eigenvalue weighted by molar-refractivity contribution is 5.87. The number of esters is 1. The molecule has 3 rings (SSSR count). The van der Waals surface area contributed by atoms with E-state index in [0.29, 0.717) is 11.6 Å². The van der Waals surface area contributed by atoms with Gasteiger partial charge in [0, 0.05) is 19.6 Å². The van der Waals surface area contributed by atoms with Crippen molar-refractivity contribution >= 4 is 17.7 Å². The minimum absolute atomic E-state index is 0.111. The molecule has 1 saturated carbocycles. The van der Waals surface area contributed by atoms with E-state index in [1.54, 1.807) is 12.3 Å². The summed E-state index contributed by atoms with van der Waals surface area (Å²) in [6.07, 6.45) is 7.09. The Morgan fingerprint density at radius 2 is 1.97 bits per heavy atom. The van der Waals surface area contributed by atoms with Gasteiger partial charge in [0.25, 0.3) is 0 Å². The number of amides is 1. The first-order valence-corrected chi connectivity index (χ1v) is 10.6. The van der Waals surface area contributed by atoms with Crippen molar-refractivity contribution in [3.05, 3.63) is 24.0 Å². The Hall–Kier alpha value is -2.31. The topological polar surface area (TPSA) is 72.0 Å². The lowest BCUT2D eigenvalue weighted by Gasteiger charge is -2.42. The molecule has 0 spiro atoms. The minimum atomic E-state index is -0.503. The lowest BCUT2D eigenvalue weighted by atomic mass is 9.84. The molecule has 1 aliphatic carbocycles. The third-order valence-electron chi connectivity index (χ3n) is 5.65. The largest absolute Gasteiger partial charge is 0.464 e. The number of hydrogen-bond donors (Lipinski definition) is 0. The second kappa shape index (κ2) is 9.01. The number of methoxy groups -OCH3 is 1. The molecule has 0 N–H and O–H groups in total. The molecule has 1 amide bonds. The summed E-state index contributed by atoms with van der Waals surface area (Å²) in [5, 5.41) is 0. The lowest BCUT2D eigenvalue weighted by Crippen LogP contribution is -2.53. The second-order valence-corrected chi connectivity index (χ2v) is 9.06. The van der Waals surface area contributed by atoms with Crippen molar-refractivity contribution in [1.82, 2.24) is 9.88 Å². The number of piperidine rings is 1. The summed E-state index contributed by atoms with van der Waals surface area (Å²) in [7, 11) is 1.35. The van der Waals surface area contributed by atoms with Gasteiger partial charge in [-0.05, 0) is 64.5 Å². The van der Waals surface area contributed by atoms with Crippen LogP contribution in [0.2, 0.25) is 0 Å². The van der Waals surface area contributed by atoms with Gasteiger partial charge in [0.15, 0.2) is 0 Å². The van der Waals surface area contributed by atoms with Crippen molar-refractivity contribution in [1.29, 1.82) is 0 Å². The van der Waals surface area contributed by atoms with Gasteiger partial charge >= 0.3 is 12.1 Å². The zero-order valence-corrected chi connectivity index (χ0v) is 18.0. The molecular weight excluding hydrogens is 370 g/mol. The molecule has 7 nitrogen and oxygen atoms in total. The molecule has 1 aromatic rings. The van der Waals surface area contributed by atoms with E-state index >= 15 is 0 Å². The highest BCUT2D eigenvalue weighted by Crippen LogP contribution is 2.30. The first-order chi connectivity index (χ1) is 13.8. The summed E-state index contributed by atoms with van der Waals surface area (Å²) >= 11 is 0. The molecule has 2 fully saturated rings. The lowest BCUT2D eigenvalue weighted by molar-refractivity contribution is 0.00734. The molecule has 2 aliphatic rings. The minimum Gasteiger partial charge on any atom is -0.464 e. The number of aromatic nitrogens is 1. The van der Waals surface area contributed by atoms with Gasteiger partial charge in [-0.2, -0.15) is 0 Å². The average Bonchev–Trinajstić information content (AvgIpc) is 2.65. The molecule has 0 unspecified atom stereocenters. The van der Waals surface area contributed by atoms with E-state index < -0.39 is 11.6 Å². The van der Waals surface area contributed by atoms with Crippen LogP contribution in [0.4, 0.5) is 10.5 Å². The molecule has 1 atom stereocenters. The van der Waals surface area contributed by atoms with Crippen molar-refractivity contribution < 1.29 is 19.1 Å². The molecule has 2 heterocycles. The van der Waals surface area contributed by atoms with E-state index in [0.717, 1.165) is 38.2 Å². The Labute approximate surface area is 173 Å². The van der Waals surface area contributed by atoms with Crippen LogP contribution in [0.25, 0.3) is 0 Å². The van der Waals surface area contributed by atoms with Gasteiger partial charge in [0.05, 0.1) is 25.0 Å². The quantitative estimate of drug-likeness (QED) is 0.695. The summed E-state index contributed by atoms with van der Waals surface area (Å²) in [4.78, 5) is 33.0. The predicted molar refractivity (Wildman–Crippen MR) is 111 cm³/mol. The number of pyridine rings is 1. The van der Waals surface area contributed by atoms with Crippen LogP contribution in [0.5, 0.6) is 0 Å². The van der Waals surface area contributed by atoms with Gasteiger partial charge in [-0.15, -0.1) is 0 Å². The van der Waals surface area contributed by atoms with Crippen molar-refractivity contribution in [2.24, 2.45) is 5.92 Å². The Kier molecular flexibility index (Phi) is 6.65. The van der Waals surface area contributed by atoms with Crippen LogP contribution in [0.3, 0.4) is 0 Å². The first-order valence-electron chi connectivity index (χ1n) is 10.6. The Morgan fingerprint density at radius 3 is 2.52 bits per heavy atom. The molecule has 0 radical (unpaired) electrons. The normalized spacial score (nSPS) is 20.0. The van der Waals surface area contributed by atoms with Crippen molar-refractivity contribution in [3.8, 4) is 0 Å². The fourth-order valence-electron chi connectivity index (χ4n) is 3.89. The maximum Gasteiger partial charge on any atom is 0.410 e. The van der Waals surface area contributed by atoms with Gasteiger partial charge in [-0.25, -0.2) is 14.6 Å². The molecule has 1 aromatic heterocycles. The van der Waals surface area contributed by atoms with Gasteiger partial charge in [0.1, 0.15) is 11.3 Å². The van der Waals surface area contributed by atoms with Gasteiger partial charge < -0.3 is 19.3 Å². The zero-order chi connectivity index (χ0) is 21.0. The summed E-state index contributed by atoms with van der Waals surface area (Å²) in [5.41, 5.74) is 0.747. The smallest absolute Gasteiger partial charge is 0.410 e. The fourth-order valence-corrected chi connectivity index (χ4v) is 3.89. The highest BCUT2D eigenvalue weighted by atomic mass is 16.6. The number of rotatable bonds is 5. The average molecular weight is 404 g/mol. The fraction of sp³-hybridized carbons (Fsp3) is 0.682. The van der Waals surface area contributed by atoms with Crippen LogP contribution < -0.4 is 4.90 Å². The number of ether oxygens (including phenoxy) is 2. The number of carbonyl (C=O) groups is 2. The summed E-state index contributed by atoms with van der Waals surface area (Å²) in [6, 6.07) is 3.69. The molecule has 1 aliphatic heterocycles. The van der Waals surface area contributed by atoms with Crippen LogP contribution in [-0.4, -0.2) is 60.3 Å². The summed E-state index contributed by atoms with van der Waals surface area (Å²) in [5.74, 6) is 0.142. The van der Waals surface area contributed by atoms with E-state index in [1.807, 2.05) is 31.7 Å². The second-order valence-electron chi connectivity index (χ2n) is 9.06. The highest BCUT2D eigenvalue weighted by Gasteiger charge is 2.34. The zero-order valence-electron chi connectivity index (χ0n) is 18.0. The van der Waals surface area contributed by atoms with E-state index in [4.69, 9.17) is 9.47 Å². The third kappa shape index (κ3) is 5.61. The number of nitrogens with zero attached hydrogens (tertiary/aromatic N) is 3. The Morgan fingerprint density at radius 1 is 1.21 bits per heavy atom. The predicted octanol–water partition coefficient (Wildman–Crippen LogP) is 3.87. The monoisotopic (exact) mass is 403 g/mol. The third-order valence-corrected chi connectivity index (χ3v) is 5.65. The van der Waals surface area contributed by atoms with Crippen molar-refractivity contribution in [2.45, 2.75) is 64.5 Å².